The van der Waals surface area contributed by atoms with Gasteiger partial charge in [0, 0.05) is 29.6 Å². The molecule has 0 radical (unpaired) electrons. The van der Waals surface area contributed by atoms with Crippen LogP contribution in [0.1, 0.15) is 38.2 Å². The van der Waals surface area contributed by atoms with Crippen LogP contribution in [-0.4, -0.2) is 17.1 Å². The van der Waals surface area contributed by atoms with Crippen LogP contribution in [-0.2, 0) is 0 Å². The number of aromatic nitrogens is 1. The van der Waals surface area contributed by atoms with Crippen molar-refractivity contribution < 1.29 is 0 Å². The van der Waals surface area contributed by atoms with Crippen LogP contribution in [0.4, 0.5) is 0 Å². The predicted octanol–water partition coefficient (Wildman–Crippen LogP) is 3.48. The lowest BCUT2D eigenvalue weighted by molar-refractivity contribution is 0.517. The first-order valence-electron chi connectivity index (χ1n) is 6.88. The molecule has 1 N–H and O–H groups in total. The van der Waals surface area contributed by atoms with Crippen molar-refractivity contribution in [1.82, 2.24) is 10.3 Å². The Kier molecular flexibility index (Phi) is 3.04. The van der Waals surface area contributed by atoms with Crippen LogP contribution in [0.2, 0.25) is 0 Å². The first kappa shape index (κ1) is 11.7. The van der Waals surface area contributed by atoms with Crippen molar-refractivity contribution >= 4 is 10.9 Å². The van der Waals surface area contributed by atoms with Crippen LogP contribution in [0, 0.1) is 0 Å². The molecule has 2 nitrogen and oxygen atoms in total. The standard InChI is InChI=1S/C16H20N2/c1-3-15-14(9-11(2)18-15)12-6-7-16-13(10-12)5-4-8-17-16/h4-8,10-11,14-15,18H,3,9H2,1-2H3. The van der Waals surface area contributed by atoms with Crippen molar-refractivity contribution in [3.63, 3.8) is 0 Å². The third-order valence-corrected chi connectivity index (χ3v) is 4.09. The Hall–Kier alpha value is -1.41. The van der Waals surface area contributed by atoms with Gasteiger partial charge in [-0.2, -0.15) is 0 Å². The Labute approximate surface area is 108 Å². The van der Waals surface area contributed by atoms with Gasteiger partial charge in [-0.15, -0.1) is 0 Å². The van der Waals surface area contributed by atoms with Gasteiger partial charge >= 0.3 is 0 Å². The zero-order valence-corrected chi connectivity index (χ0v) is 11.1. The number of benzene rings is 1. The van der Waals surface area contributed by atoms with Gasteiger partial charge in [0.05, 0.1) is 5.52 Å². The van der Waals surface area contributed by atoms with E-state index >= 15 is 0 Å². The molecule has 1 aromatic carbocycles. The number of hydrogen-bond acceptors (Lipinski definition) is 2. The Bertz CT molecular complexity index is 550. The molecule has 2 aromatic rings. The van der Waals surface area contributed by atoms with Crippen molar-refractivity contribution in [2.75, 3.05) is 0 Å². The molecule has 3 atom stereocenters. The maximum absolute atomic E-state index is 4.39. The second-order valence-electron chi connectivity index (χ2n) is 5.38. The smallest absolute Gasteiger partial charge is 0.0702 e. The van der Waals surface area contributed by atoms with Crippen LogP contribution >= 0.6 is 0 Å². The highest BCUT2D eigenvalue weighted by atomic mass is 15.0. The molecule has 1 aliphatic heterocycles. The Morgan fingerprint density at radius 3 is 3.06 bits per heavy atom. The van der Waals surface area contributed by atoms with Gasteiger partial charge in [0.1, 0.15) is 0 Å². The van der Waals surface area contributed by atoms with E-state index in [1.54, 1.807) is 0 Å². The minimum Gasteiger partial charge on any atom is -0.311 e. The zero-order valence-electron chi connectivity index (χ0n) is 11.1. The molecule has 0 aliphatic carbocycles. The molecule has 2 heterocycles. The van der Waals surface area contributed by atoms with E-state index in [2.05, 4.69) is 48.4 Å². The Balaban J connectivity index is 1.98. The third kappa shape index (κ3) is 2.01. The lowest BCUT2D eigenvalue weighted by atomic mass is 9.89. The molecule has 1 saturated heterocycles. The summed E-state index contributed by atoms with van der Waals surface area (Å²) in [6.07, 6.45) is 4.29. The maximum atomic E-state index is 4.39. The van der Waals surface area contributed by atoms with Crippen molar-refractivity contribution in [2.24, 2.45) is 0 Å². The largest absolute Gasteiger partial charge is 0.311 e. The first-order chi connectivity index (χ1) is 8.78. The fraction of sp³-hybridized carbons (Fsp3) is 0.438. The van der Waals surface area contributed by atoms with Gasteiger partial charge in [-0.25, -0.2) is 0 Å². The van der Waals surface area contributed by atoms with Crippen molar-refractivity contribution in [2.45, 2.75) is 44.7 Å². The van der Waals surface area contributed by atoms with Crippen molar-refractivity contribution in [3.8, 4) is 0 Å². The van der Waals surface area contributed by atoms with Gasteiger partial charge in [0.25, 0.3) is 0 Å². The summed E-state index contributed by atoms with van der Waals surface area (Å²) < 4.78 is 0. The molecule has 0 spiro atoms. The number of nitrogens with one attached hydrogen (secondary N) is 1. The highest BCUT2D eigenvalue weighted by Gasteiger charge is 2.31. The molecule has 0 bridgehead atoms. The summed E-state index contributed by atoms with van der Waals surface area (Å²) >= 11 is 0. The van der Waals surface area contributed by atoms with Crippen LogP contribution in [0.25, 0.3) is 10.9 Å². The average Bonchev–Trinajstić information content (AvgIpc) is 2.79. The van der Waals surface area contributed by atoms with E-state index in [9.17, 15) is 0 Å². The van der Waals surface area contributed by atoms with Gasteiger partial charge in [-0.05, 0) is 43.5 Å². The number of nitrogens with zero attached hydrogens (tertiary/aromatic N) is 1. The van der Waals surface area contributed by atoms with E-state index in [0.29, 0.717) is 18.0 Å². The molecular formula is C16H20N2. The third-order valence-electron chi connectivity index (χ3n) is 4.09. The van der Waals surface area contributed by atoms with E-state index in [0.717, 1.165) is 5.52 Å². The van der Waals surface area contributed by atoms with Crippen LogP contribution < -0.4 is 5.32 Å². The molecule has 2 heteroatoms. The van der Waals surface area contributed by atoms with E-state index < -0.39 is 0 Å². The molecule has 0 saturated carbocycles. The van der Waals surface area contributed by atoms with E-state index in [1.165, 1.54) is 23.8 Å². The van der Waals surface area contributed by atoms with E-state index in [1.807, 2.05) is 12.3 Å². The topological polar surface area (TPSA) is 24.9 Å². The van der Waals surface area contributed by atoms with Crippen LogP contribution in [0.15, 0.2) is 36.5 Å². The zero-order chi connectivity index (χ0) is 12.5. The molecule has 3 rings (SSSR count). The number of pyridine rings is 1. The first-order valence-corrected chi connectivity index (χ1v) is 6.88. The fourth-order valence-corrected chi connectivity index (χ4v) is 3.19. The Morgan fingerprint density at radius 2 is 2.22 bits per heavy atom. The van der Waals surface area contributed by atoms with Gasteiger partial charge in [0.2, 0.25) is 0 Å². The highest BCUT2D eigenvalue weighted by molar-refractivity contribution is 5.79. The predicted molar refractivity (Wildman–Crippen MR) is 75.8 cm³/mol. The molecule has 3 unspecified atom stereocenters. The highest BCUT2D eigenvalue weighted by Crippen LogP contribution is 2.33. The quantitative estimate of drug-likeness (QED) is 0.869. The molecular weight excluding hydrogens is 220 g/mol. The minimum atomic E-state index is 0.620. The van der Waals surface area contributed by atoms with Gasteiger partial charge < -0.3 is 5.32 Å². The summed E-state index contributed by atoms with van der Waals surface area (Å²) in [5.74, 6) is 0.648. The molecule has 94 valence electrons. The molecule has 1 aromatic heterocycles. The number of fused-ring (bicyclic) bond motifs is 1. The van der Waals surface area contributed by atoms with Crippen molar-refractivity contribution in [3.05, 3.63) is 42.1 Å². The normalized spacial score (nSPS) is 27.8. The fourth-order valence-electron chi connectivity index (χ4n) is 3.19. The molecule has 1 fully saturated rings. The molecule has 1 aliphatic rings. The van der Waals surface area contributed by atoms with E-state index in [4.69, 9.17) is 0 Å². The summed E-state index contributed by atoms with van der Waals surface area (Å²) in [5, 5.41) is 4.94. The monoisotopic (exact) mass is 240 g/mol. The maximum Gasteiger partial charge on any atom is 0.0702 e. The van der Waals surface area contributed by atoms with Gasteiger partial charge in [-0.1, -0.05) is 19.1 Å². The second-order valence-corrected chi connectivity index (χ2v) is 5.38. The van der Waals surface area contributed by atoms with Crippen LogP contribution in [0.3, 0.4) is 0 Å². The minimum absolute atomic E-state index is 0.620. The van der Waals surface area contributed by atoms with Gasteiger partial charge in [-0.3, -0.25) is 4.98 Å². The lowest BCUT2D eigenvalue weighted by Gasteiger charge is -2.18. The van der Waals surface area contributed by atoms with E-state index in [-0.39, 0.29) is 0 Å². The van der Waals surface area contributed by atoms with Gasteiger partial charge in [0.15, 0.2) is 0 Å². The lowest BCUT2D eigenvalue weighted by Crippen LogP contribution is -2.28. The van der Waals surface area contributed by atoms with Crippen LogP contribution in [0.5, 0.6) is 0 Å². The Morgan fingerprint density at radius 1 is 1.33 bits per heavy atom. The summed E-state index contributed by atoms with van der Waals surface area (Å²) in [7, 11) is 0. The second kappa shape index (κ2) is 4.69. The SMILES string of the molecule is CCC1NC(C)CC1c1ccc2ncccc2c1. The molecule has 0 amide bonds. The number of hydrogen-bond donors (Lipinski definition) is 1. The average molecular weight is 240 g/mol. The summed E-state index contributed by atoms with van der Waals surface area (Å²) in [6, 6.07) is 12.1. The number of rotatable bonds is 2. The summed E-state index contributed by atoms with van der Waals surface area (Å²) in [4.78, 5) is 4.39. The summed E-state index contributed by atoms with van der Waals surface area (Å²) in [6.45, 7) is 4.55. The summed E-state index contributed by atoms with van der Waals surface area (Å²) in [5.41, 5.74) is 2.55. The van der Waals surface area contributed by atoms with Crippen molar-refractivity contribution in [1.29, 1.82) is 0 Å². The molecule has 18 heavy (non-hydrogen) atoms.